The summed E-state index contributed by atoms with van der Waals surface area (Å²) in [5.41, 5.74) is 0. The number of aliphatic hydroxyl groups is 1. The van der Waals surface area contributed by atoms with Crippen molar-refractivity contribution in [3.63, 3.8) is 0 Å². The largest absolute Gasteiger partial charge is 0.472 e. The highest BCUT2D eigenvalue weighted by Gasteiger charge is 2.30. The highest BCUT2D eigenvalue weighted by molar-refractivity contribution is 7.47. The summed E-state index contributed by atoms with van der Waals surface area (Å²) < 4.78 is 68.6. The zero-order chi connectivity index (χ0) is 73.0. The van der Waals surface area contributed by atoms with Crippen LogP contribution in [0.25, 0.3) is 0 Å². The number of esters is 4. The smallest absolute Gasteiger partial charge is 0.462 e. The van der Waals surface area contributed by atoms with Gasteiger partial charge in [-0.1, -0.05) is 363 Å². The third-order valence-corrected chi connectivity index (χ3v) is 20.5. The van der Waals surface area contributed by atoms with Crippen molar-refractivity contribution in [2.45, 2.75) is 433 Å². The molecule has 0 aromatic rings. The van der Waals surface area contributed by atoms with Crippen LogP contribution in [0.2, 0.25) is 0 Å². The van der Waals surface area contributed by atoms with Crippen LogP contribution in [-0.2, 0) is 65.4 Å². The number of unbranched alkanes of at least 4 members (excludes halogenated alkanes) is 46. The van der Waals surface area contributed by atoms with E-state index in [0.29, 0.717) is 31.6 Å². The van der Waals surface area contributed by atoms with Crippen LogP contribution < -0.4 is 0 Å². The fourth-order valence-corrected chi connectivity index (χ4v) is 13.9. The second kappa shape index (κ2) is 70.4. The molecule has 0 amide bonds. The molecule has 0 spiro atoms. The van der Waals surface area contributed by atoms with Crippen LogP contribution in [0.15, 0.2) is 0 Å². The number of carbonyl (C=O) groups excluding carboxylic acids is 4. The first-order chi connectivity index (χ1) is 47.7. The SMILES string of the molecule is CCCCCCCCCCCCCCCCCCCCCCCC(=O)O[C@H](COC(=O)CCCCCCCCCCCCCCCCC(C)C)COP(=O)(O)OC[C@@H](O)COP(=O)(O)OC[C@@H](COC(=O)CCCCCCCCC(C)C)OC(=O)CCCCCCCCCCCC(C)C. The number of hydrogen-bond donors (Lipinski definition) is 3. The summed E-state index contributed by atoms with van der Waals surface area (Å²) in [6.07, 6.45) is 58.6. The van der Waals surface area contributed by atoms with E-state index < -0.39 is 97.5 Å². The number of rotatable bonds is 78. The van der Waals surface area contributed by atoms with Gasteiger partial charge in [0.05, 0.1) is 26.4 Å². The molecule has 0 aliphatic carbocycles. The van der Waals surface area contributed by atoms with E-state index in [-0.39, 0.29) is 25.7 Å². The molecule has 0 heterocycles. The molecule has 0 aromatic heterocycles. The Morgan fingerprint density at radius 1 is 0.273 bits per heavy atom. The van der Waals surface area contributed by atoms with Gasteiger partial charge in [0.2, 0.25) is 0 Å². The molecule has 2 unspecified atom stereocenters. The van der Waals surface area contributed by atoms with Crippen LogP contribution in [0.1, 0.15) is 414 Å². The standard InChI is InChI=1S/C80H156O17P2/c1-8-9-10-11-12-13-14-15-16-17-18-19-20-21-22-27-30-35-40-49-56-63-79(84)96-75(67-90-77(82)61-54-47-39-34-29-26-24-23-25-28-32-37-44-51-58-71(2)3)69-94-98(86,87)92-65-74(81)66-93-99(88,89)95-70-76(68-91-78(83)62-55-48-43-42-46-53-60-73(6)7)97-80(85)64-57-50-41-36-31-33-38-45-52-59-72(4)5/h71-76,81H,8-70H2,1-7H3,(H,86,87)(H,88,89)/t74-,75-,76-/m1/s1. The van der Waals surface area contributed by atoms with Crippen molar-refractivity contribution in [1.82, 2.24) is 0 Å². The zero-order valence-electron chi connectivity index (χ0n) is 65.0. The van der Waals surface area contributed by atoms with Crippen molar-refractivity contribution in [3.05, 3.63) is 0 Å². The van der Waals surface area contributed by atoms with Gasteiger partial charge < -0.3 is 33.8 Å². The summed E-state index contributed by atoms with van der Waals surface area (Å²) in [4.78, 5) is 72.9. The van der Waals surface area contributed by atoms with Gasteiger partial charge in [-0.15, -0.1) is 0 Å². The normalized spacial score (nSPS) is 14.0. The quantitative estimate of drug-likeness (QED) is 0.0222. The Kier molecular flexibility index (Phi) is 69.0. The third-order valence-electron chi connectivity index (χ3n) is 18.6. The Labute approximate surface area is 607 Å². The van der Waals surface area contributed by atoms with Crippen molar-refractivity contribution < 1.29 is 80.2 Å². The topological polar surface area (TPSA) is 237 Å². The lowest BCUT2D eigenvalue weighted by atomic mass is 10.0. The van der Waals surface area contributed by atoms with E-state index in [1.165, 1.54) is 218 Å². The van der Waals surface area contributed by atoms with E-state index in [9.17, 15) is 43.2 Å². The summed E-state index contributed by atoms with van der Waals surface area (Å²) in [5, 5.41) is 10.6. The number of hydrogen-bond acceptors (Lipinski definition) is 15. The van der Waals surface area contributed by atoms with Crippen LogP contribution in [0.5, 0.6) is 0 Å². The number of phosphoric ester groups is 2. The second-order valence-electron chi connectivity index (χ2n) is 30.2. The summed E-state index contributed by atoms with van der Waals surface area (Å²) in [7, 11) is -9.92. The van der Waals surface area contributed by atoms with Crippen LogP contribution >= 0.6 is 15.6 Å². The highest BCUT2D eigenvalue weighted by Crippen LogP contribution is 2.45. The van der Waals surface area contributed by atoms with Gasteiger partial charge in [0.25, 0.3) is 0 Å². The van der Waals surface area contributed by atoms with E-state index >= 15 is 0 Å². The second-order valence-corrected chi connectivity index (χ2v) is 33.1. The lowest BCUT2D eigenvalue weighted by Crippen LogP contribution is -2.30. The molecule has 99 heavy (non-hydrogen) atoms. The van der Waals surface area contributed by atoms with Gasteiger partial charge in [0.1, 0.15) is 19.3 Å². The predicted molar refractivity (Wildman–Crippen MR) is 405 cm³/mol. The molecule has 19 heteroatoms. The molecule has 0 radical (unpaired) electrons. The average molecular weight is 1450 g/mol. The highest BCUT2D eigenvalue weighted by atomic mass is 31.2. The van der Waals surface area contributed by atoms with E-state index in [1.807, 2.05) is 0 Å². The third kappa shape index (κ3) is 74.1. The molecule has 0 saturated heterocycles. The summed E-state index contributed by atoms with van der Waals surface area (Å²) in [6, 6.07) is 0. The molecule has 17 nitrogen and oxygen atoms in total. The molecular formula is C80H156O17P2. The lowest BCUT2D eigenvalue weighted by Gasteiger charge is -2.21. The molecule has 588 valence electrons. The molecule has 3 N–H and O–H groups in total. The van der Waals surface area contributed by atoms with Crippen LogP contribution in [-0.4, -0.2) is 96.7 Å². The molecule has 0 aliphatic heterocycles. The Morgan fingerprint density at radius 2 is 0.465 bits per heavy atom. The molecular weight excluding hydrogens is 1290 g/mol. The molecule has 0 bridgehead atoms. The molecule has 0 fully saturated rings. The summed E-state index contributed by atoms with van der Waals surface area (Å²) in [5.74, 6) is 0.0983. The van der Waals surface area contributed by atoms with E-state index in [1.54, 1.807) is 0 Å². The van der Waals surface area contributed by atoms with Crippen LogP contribution in [0.4, 0.5) is 0 Å². The van der Waals surface area contributed by atoms with Gasteiger partial charge in [-0.3, -0.25) is 37.3 Å². The monoisotopic (exact) mass is 1450 g/mol. The first kappa shape index (κ1) is 97.1. The van der Waals surface area contributed by atoms with Gasteiger partial charge in [-0.25, -0.2) is 9.13 Å². The molecule has 0 saturated carbocycles. The Morgan fingerprint density at radius 3 is 0.687 bits per heavy atom. The van der Waals surface area contributed by atoms with Gasteiger partial charge in [-0.2, -0.15) is 0 Å². The first-order valence-electron chi connectivity index (χ1n) is 41.3. The van der Waals surface area contributed by atoms with Crippen molar-refractivity contribution >= 4 is 39.5 Å². The number of aliphatic hydroxyl groups excluding tert-OH is 1. The summed E-state index contributed by atoms with van der Waals surface area (Å²) in [6.45, 7) is 11.8. The molecule has 0 aromatic carbocycles. The van der Waals surface area contributed by atoms with Gasteiger partial charge in [0, 0.05) is 25.7 Å². The predicted octanol–water partition coefficient (Wildman–Crippen LogP) is 23.7. The van der Waals surface area contributed by atoms with Gasteiger partial charge in [-0.05, 0) is 43.4 Å². The molecule has 5 atom stereocenters. The van der Waals surface area contributed by atoms with E-state index in [0.717, 1.165) is 108 Å². The maximum absolute atomic E-state index is 13.1. The van der Waals surface area contributed by atoms with Crippen molar-refractivity contribution in [2.75, 3.05) is 39.6 Å². The zero-order valence-corrected chi connectivity index (χ0v) is 66.8. The average Bonchev–Trinajstić information content (AvgIpc) is 1.57. The minimum atomic E-state index is -4.96. The van der Waals surface area contributed by atoms with E-state index in [4.69, 9.17) is 37.0 Å². The Hall–Kier alpha value is -1.94. The van der Waals surface area contributed by atoms with Crippen molar-refractivity contribution in [3.8, 4) is 0 Å². The lowest BCUT2D eigenvalue weighted by molar-refractivity contribution is -0.161. The molecule has 0 rings (SSSR count). The van der Waals surface area contributed by atoms with Crippen LogP contribution in [0.3, 0.4) is 0 Å². The van der Waals surface area contributed by atoms with Crippen LogP contribution in [0, 0.1) is 17.8 Å². The van der Waals surface area contributed by atoms with Gasteiger partial charge >= 0.3 is 39.5 Å². The minimum absolute atomic E-state index is 0.104. The minimum Gasteiger partial charge on any atom is -0.462 e. The molecule has 0 aliphatic rings. The first-order valence-corrected chi connectivity index (χ1v) is 44.3. The Balaban J connectivity index is 5.20. The fourth-order valence-electron chi connectivity index (χ4n) is 12.3. The number of ether oxygens (including phenoxy) is 4. The summed E-state index contributed by atoms with van der Waals surface area (Å²) >= 11 is 0. The number of phosphoric acid groups is 2. The number of carbonyl (C=O) groups is 4. The van der Waals surface area contributed by atoms with Gasteiger partial charge in [0.15, 0.2) is 12.2 Å². The maximum atomic E-state index is 13.1. The maximum Gasteiger partial charge on any atom is 0.472 e. The fraction of sp³-hybridized carbons (Fsp3) is 0.950. The van der Waals surface area contributed by atoms with Crippen molar-refractivity contribution in [1.29, 1.82) is 0 Å². The van der Waals surface area contributed by atoms with Crippen molar-refractivity contribution in [2.24, 2.45) is 17.8 Å². The Bertz CT molecular complexity index is 1920. The van der Waals surface area contributed by atoms with E-state index in [2.05, 4.69) is 48.5 Å².